The quantitative estimate of drug-likeness (QED) is 0.459. The number of alkyl halides is 1. The molecule has 0 aliphatic carbocycles. The summed E-state index contributed by atoms with van der Waals surface area (Å²) in [5, 5.41) is 8.97. The largest absolute Gasteiger partial charge is 0.493 e. The van der Waals surface area contributed by atoms with Crippen molar-refractivity contribution in [1.82, 2.24) is 25.8 Å². The van der Waals surface area contributed by atoms with Crippen molar-refractivity contribution < 1.29 is 28.3 Å². The Labute approximate surface area is 234 Å². The van der Waals surface area contributed by atoms with E-state index in [1.807, 2.05) is 38.1 Å². The molecule has 3 aliphatic heterocycles. The fourth-order valence-electron chi connectivity index (χ4n) is 5.68. The summed E-state index contributed by atoms with van der Waals surface area (Å²) in [5.41, 5.74) is 0.901. The van der Waals surface area contributed by atoms with E-state index in [0.29, 0.717) is 32.3 Å². The summed E-state index contributed by atoms with van der Waals surface area (Å²) in [6, 6.07) is 4.72. The molecule has 1 aromatic rings. The van der Waals surface area contributed by atoms with Crippen LogP contribution in [-0.4, -0.2) is 90.0 Å². The van der Waals surface area contributed by atoms with E-state index in [2.05, 4.69) is 16.0 Å². The molecule has 3 heterocycles. The minimum atomic E-state index is -1.17. The van der Waals surface area contributed by atoms with E-state index in [9.17, 15) is 23.6 Å². The normalized spacial score (nSPS) is 25.3. The number of rotatable bonds is 7. The van der Waals surface area contributed by atoms with Gasteiger partial charge in [-0.05, 0) is 32.3 Å². The molecule has 0 bridgehead atoms. The molecule has 10 nitrogen and oxygen atoms in total. The van der Waals surface area contributed by atoms with E-state index in [1.165, 1.54) is 4.90 Å². The van der Waals surface area contributed by atoms with Crippen molar-refractivity contribution in [2.75, 3.05) is 26.4 Å². The number of fused-ring (bicyclic) bond motifs is 2. The van der Waals surface area contributed by atoms with Crippen LogP contribution in [0.5, 0.6) is 5.75 Å². The number of ether oxygens (including phenoxy) is 1. The molecule has 3 aliphatic rings. The molecule has 0 saturated carbocycles. The standard InChI is InChI=1S/C27H38FN5O5.ClH/c1-16(2)29-17(3)25(35)31-21-15-32(24(34)14-28)12-10-18-8-9-22(33(18)27(21)37)26(36)30-20-11-13-38-23-7-5-4-6-19(20)23;/h4-7,16-18,20-22,29H,8-15H2,1-3H3,(H,30,36)(H,31,35);1H/t17-,18+,20+,21-,22-;/m0./s1. The van der Waals surface area contributed by atoms with Crippen LogP contribution in [0.1, 0.15) is 58.1 Å². The number of carbonyl (C=O) groups is 4. The molecule has 4 rings (SSSR count). The average molecular weight is 568 g/mol. The minimum absolute atomic E-state index is 0. The van der Waals surface area contributed by atoms with Gasteiger partial charge in [-0.25, -0.2) is 4.39 Å². The maximum absolute atomic E-state index is 13.9. The SMILES string of the molecule is CC(C)N[C@@H](C)C(=O)N[C@H]1CN(C(=O)CF)CC[C@H]2CC[C@@H](C(=O)N[C@@H]3CCOc4ccccc43)N2C1=O.Cl. The van der Waals surface area contributed by atoms with Gasteiger partial charge in [-0.2, -0.15) is 0 Å². The second-order valence-corrected chi connectivity index (χ2v) is 10.6. The Morgan fingerprint density at radius 1 is 1.05 bits per heavy atom. The van der Waals surface area contributed by atoms with Crippen LogP contribution >= 0.6 is 12.4 Å². The third-order valence-electron chi connectivity index (χ3n) is 7.53. The van der Waals surface area contributed by atoms with E-state index in [4.69, 9.17) is 4.74 Å². The highest BCUT2D eigenvalue weighted by Crippen LogP contribution is 2.33. The van der Waals surface area contributed by atoms with Crippen molar-refractivity contribution in [1.29, 1.82) is 0 Å². The van der Waals surface area contributed by atoms with Crippen LogP contribution in [0.25, 0.3) is 0 Å². The number of hydrogen-bond acceptors (Lipinski definition) is 6. The Bertz CT molecular complexity index is 1060. The molecule has 12 heteroatoms. The summed E-state index contributed by atoms with van der Waals surface area (Å²) in [7, 11) is 0. The zero-order valence-corrected chi connectivity index (χ0v) is 23.5. The van der Waals surface area contributed by atoms with Crippen LogP contribution < -0.4 is 20.7 Å². The monoisotopic (exact) mass is 567 g/mol. The number of benzene rings is 1. The Hall–Kier alpha value is -2.92. The molecule has 39 heavy (non-hydrogen) atoms. The van der Waals surface area contributed by atoms with Gasteiger partial charge in [0, 0.05) is 37.2 Å². The van der Waals surface area contributed by atoms with Gasteiger partial charge in [0.15, 0.2) is 6.67 Å². The van der Waals surface area contributed by atoms with Gasteiger partial charge in [-0.3, -0.25) is 19.2 Å². The van der Waals surface area contributed by atoms with Crippen molar-refractivity contribution in [3.8, 4) is 5.75 Å². The maximum Gasteiger partial charge on any atom is 0.254 e. The third-order valence-corrected chi connectivity index (χ3v) is 7.53. The molecule has 0 aromatic heterocycles. The first-order valence-corrected chi connectivity index (χ1v) is 13.4. The summed E-state index contributed by atoms with van der Waals surface area (Å²) < 4.78 is 19.0. The number of nitrogens with one attached hydrogen (secondary N) is 3. The second-order valence-electron chi connectivity index (χ2n) is 10.6. The lowest BCUT2D eigenvalue weighted by Crippen LogP contribution is -2.62. The minimum Gasteiger partial charge on any atom is -0.493 e. The zero-order chi connectivity index (χ0) is 27.4. The lowest BCUT2D eigenvalue weighted by Gasteiger charge is -2.39. The highest BCUT2D eigenvalue weighted by atomic mass is 35.5. The second kappa shape index (κ2) is 13.4. The molecule has 3 N–H and O–H groups in total. The number of amides is 4. The first kappa shape index (κ1) is 30.6. The van der Waals surface area contributed by atoms with E-state index in [0.717, 1.165) is 11.3 Å². The van der Waals surface area contributed by atoms with E-state index >= 15 is 0 Å². The number of halogens is 2. The van der Waals surface area contributed by atoms with Gasteiger partial charge in [0.05, 0.1) is 18.7 Å². The van der Waals surface area contributed by atoms with Gasteiger partial charge >= 0.3 is 0 Å². The smallest absolute Gasteiger partial charge is 0.254 e. The van der Waals surface area contributed by atoms with Gasteiger partial charge in [0.2, 0.25) is 17.7 Å². The van der Waals surface area contributed by atoms with Gasteiger partial charge in [-0.15, -0.1) is 12.4 Å². The lowest BCUT2D eigenvalue weighted by molar-refractivity contribution is -0.147. The fraction of sp³-hybridized carbons (Fsp3) is 0.630. The van der Waals surface area contributed by atoms with Gasteiger partial charge in [0.25, 0.3) is 5.91 Å². The molecule has 2 fully saturated rings. The molecular weight excluding hydrogens is 529 g/mol. The summed E-state index contributed by atoms with van der Waals surface area (Å²) in [4.78, 5) is 55.5. The van der Waals surface area contributed by atoms with Crippen LogP contribution in [0, 0.1) is 0 Å². The topological polar surface area (TPSA) is 120 Å². The van der Waals surface area contributed by atoms with E-state index < -0.39 is 42.5 Å². The van der Waals surface area contributed by atoms with Crippen molar-refractivity contribution in [2.45, 2.75) is 82.7 Å². The zero-order valence-electron chi connectivity index (χ0n) is 22.7. The fourth-order valence-corrected chi connectivity index (χ4v) is 5.68. The highest BCUT2D eigenvalue weighted by molar-refractivity contribution is 5.94. The van der Waals surface area contributed by atoms with Crippen LogP contribution in [0.4, 0.5) is 4.39 Å². The third kappa shape index (κ3) is 7.00. The average Bonchev–Trinajstić information content (AvgIpc) is 3.32. The van der Waals surface area contributed by atoms with Crippen LogP contribution in [0.3, 0.4) is 0 Å². The van der Waals surface area contributed by atoms with Gasteiger partial charge < -0.3 is 30.5 Å². The van der Waals surface area contributed by atoms with E-state index in [1.54, 1.807) is 11.8 Å². The molecule has 1 aromatic carbocycles. The van der Waals surface area contributed by atoms with Crippen LogP contribution in [0.15, 0.2) is 24.3 Å². The number of hydrogen-bond donors (Lipinski definition) is 3. The van der Waals surface area contributed by atoms with Crippen molar-refractivity contribution >= 4 is 36.0 Å². The van der Waals surface area contributed by atoms with Gasteiger partial charge in [0.1, 0.15) is 17.8 Å². The summed E-state index contributed by atoms with van der Waals surface area (Å²) in [5.74, 6) is -1.06. The highest BCUT2D eigenvalue weighted by Gasteiger charge is 2.46. The van der Waals surface area contributed by atoms with Crippen LogP contribution in [-0.2, 0) is 19.2 Å². The molecule has 4 amide bonds. The Morgan fingerprint density at radius 2 is 1.79 bits per heavy atom. The Balaban J connectivity index is 0.00000420. The van der Waals surface area contributed by atoms with Gasteiger partial charge in [-0.1, -0.05) is 32.0 Å². The summed E-state index contributed by atoms with van der Waals surface area (Å²) >= 11 is 0. The molecule has 2 saturated heterocycles. The first-order valence-electron chi connectivity index (χ1n) is 13.4. The van der Waals surface area contributed by atoms with Crippen molar-refractivity contribution in [2.24, 2.45) is 0 Å². The Kier molecular flexibility index (Phi) is 10.5. The molecular formula is C27H39ClFN5O5. The summed E-state index contributed by atoms with van der Waals surface area (Å²) in [6.45, 7) is 4.90. The lowest BCUT2D eigenvalue weighted by atomic mass is 10.00. The molecule has 5 atom stereocenters. The van der Waals surface area contributed by atoms with E-state index in [-0.39, 0.29) is 49.5 Å². The molecule has 0 radical (unpaired) electrons. The number of nitrogens with zero attached hydrogens (tertiary/aromatic N) is 2. The Morgan fingerprint density at radius 3 is 2.51 bits per heavy atom. The maximum atomic E-state index is 13.9. The first-order chi connectivity index (χ1) is 18.2. The number of para-hydroxylation sites is 1. The predicted molar refractivity (Wildman–Crippen MR) is 145 cm³/mol. The predicted octanol–water partition coefficient (Wildman–Crippen LogP) is 1.48. The molecule has 216 valence electrons. The van der Waals surface area contributed by atoms with Crippen molar-refractivity contribution in [3.63, 3.8) is 0 Å². The molecule has 0 spiro atoms. The molecule has 0 unspecified atom stereocenters. The van der Waals surface area contributed by atoms with Crippen molar-refractivity contribution in [3.05, 3.63) is 29.8 Å². The number of carbonyl (C=O) groups excluding carboxylic acids is 4. The van der Waals surface area contributed by atoms with Crippen LogP contribution in [0.2, 0.25) is 0 Å². The summed E-state index contributed by atoms with van der Waals surface area (Å²) in [6.07, 6.45) is 2.11.